The highest BCUT2D eigenvalue weighted by molar-refractivity contribution is 7.99. The summed E-state index contributed by atoms with van der Waals surface area (Å²) in [4.78, 5) is 7.85. The van der Waals surface area contributed by atoms with E-state index in [1.54, 1.807) is 17.8 Å². The van der Waals surface area contributed by atoms with E-state index in [2.05, 4.69) is 27.8 Å². The predicted octanol–water partition coefficient (Wildman–Crippen LogP) is 3.63. The second-order valence-electron chi connectivity index (χ2n) is 7.29. The lowest BCUT2D eigenvalue weighted by Crippen LogP contribution is -2.38. The summed E-state index contributed by atoms with van der Waals surface area (Å²) in [6, 6.07) is 15.6. The van der Waals surface area contributed by atoms with Gasteiger partial charge in [-0.15, -0.1) is 11.8 Å². The highest BCUT2D eigenvalue weighted by Crippen LogP contribution is 2.24. The maximum atomic E-state index is 14.6. The molecule has 0 atom stereocenters. The molecular weight excluding hydrogens is 399 g/mol. The first-order valence-corrected chi connectivity index (χ1v) is 11.6. The third-order valence-electron chi connectivity index (χ3n) is 4.99. The molecule has 3 N–H and O–H groups in total. The number of piperidine rings is 1. The van der Waals surface area contributed by atoms with Gasteiger partial charge in [-0.2, -0.15) is 0 Å². The summed E-state index contributed by atoms with van der Waals surface area (Å²) < 4.78 is 14.6. The van der Waals surface area contributed by atoms with Crippen LogP contribution in [0.25, 0.3) is 0 Å². The van der Waals surface area contributed by atoms with E-state index in [-0.39, 0.29) is 11.9 Å². The van der Waals surface area contributed by atoms with E-state index in [9.17, 15) is 9.50 Å². The second kappa shape index (κ2) is 11.8. The quantitative estimate of drug-likeness (QED) is 0.258. The third-order valence-corrected chi connectivity index (χ3v) is 6.00. The molecule has 0 saturated carbocycles. The fourth-order valence-electron chi connectivity index (χ4n) is 3.38. The summed E-state index contributed by atoms with van der Waals surface area (Å²) in [6.07, 6.45) is 1.11. The molecule has 0 bridgehead atoms. The van der Waals surface area contributed by atoms with Crippen LogP contribution in [0, 0.1) is 5.82 Å². The minimum absolute atomic E-state index is 0.226. The predicted molar refractivity (Wildman–Crippen MR) is 124 cm³/mol. The van der Waals surface area contributed by atoms with Crippen LogP contribution in [-0.4, -0.2) is 49.1 Å². The van der Waals surface area contributed by atoms with Crippen LogP contribution in [0.2, 0.25) is 0 Å². The first kappa shape index (κ1) is 22.4. The molecule has 0 aliphatic carbocycles. The zero-order chi connectivity index (χ0) is 21.2. The van der Waals surface area contributed by atoms with E-state index in [0.717, 1.165) is 30.4 Å². The first-order valence-electron chi connectivity index (χ1n) is 10.6. The average molecular weight is 431 g/mol. The number of anilines is 1. The number of thioether (sulfide) groups is 1. The van der Waals surface area contributed by atoms with Crippen LogP contribution in [0.4, 0.5) is 10.1 Å². The fraction of sp³-hybridized carbons (Fsp3) is 0.435. The lowest BCUT2D eigenvalue weighted by molar-refractivity contribution is 0.145. The molecule has 1 saturated heterocycles. The Balaban J connectivity index is 1.51. The zero-order valence-corrected chi connectivity index (χ0v) is 18.3. The van der Waals surface area contributed by atoms with Crippen molar-refractivity contribution in [1.82, 2.24) is 10.6 Å². The van der Waals surface area contributed by atoms with Gasteiger partial charge in [-0.1, -0.05) is 24.3 Å². The van der Waals surface area contributed by atoms with Gasteiger partial charge in [0.05, 0.1) is 18.3 Å². The van der Waals surface area contributed by atoms with E-state index in [0.29, 0.717) is 38.2 Å². The van der Waals surface area contributed by atoms with Crippen molar-refractivity contribution in [1.29, 1.82) is 0 Å². The molecule has 1 aliphatic rings. The molecule has 2 aromatic carbocycles. The Kier molecular flexibility index (Phi) is 8.83. The zero-order valence-electron chi connectivity index (χ0n) is 17.5. The van der Waals surface area contributed by atoms with Crippen LogP contribution >= 0.6 is 11.8 Å². The van der Waals surface area contributed by atoms with Gasteiger partial charge in [0.1, 0.15) is 5.82 Å². The van der Waals surface area contributed by atoms with E-state index in [1.165, 1.54) is 4.90 Å². The largest absolute Gasteiger partial charge is 0.393 e. The average Bonchev–Trinajstić information content (AvgIpc) is 2.76. The second-order valence-corrected chi connectivity index (χ2v) is 8.46. The number of hydrogen-bond donors (Lipinski definition) is 3. The Morgan fingerprint density at radius 2 is 1.93 bits per heavy atom. The van der Waals surface area contributed by atoms with E-state index >= 15 is 0 Å². The topological polar surface area (TPSA) is 59.9 Å². The van der Waals surface area contributed by atoms with Crippen LogP contribution in [0.5, 0.6) is 0 Å². The smallest absolute Gasteiger partial charge is 0.191 e. The summed E-state index contributed by atoms with van der Waals surface area (Å²) >= 11 is 1.80. The van der Waals surface area contributed by atoms with Crippen molar-refractivity contribution < 1.29 is 9.50 Å². The number of aliphatic hydroxyl groups excluding tert-OH is 1. The van der Waals surface area contributed by atoms with Crippen LogP contribution in [0.15, 0.2) is 58.4 Å². The molecule has 1 fully saturated rings. The van der Waals surface area contributed by atoms with Crippen molar-refractivity contribution in [2.75, 3.05) is 36.8 Å². The number of hydrogen-bond acceptors (Lipinski definition) is 4. The first-order chi connectivity index (χ1) is 14.7. The minimum atomic E-state index is -0.263. The van der Waals surface area contributed by atoms with Crippen molar-refractivity contribution in [3.05, 3.63) is 59.9 Å². The van der Waals surface area contributed by atoms with Crippen molar-refractivity contribution in [2.24, 2.45) is 4.99 Å². The van der Waals surface area contributed by atoms with Crippen molar-refractivity contribution in [2.45, 2.75) is 37.3 Å². The Hall–Kier alpha value is -2.25. The molecule has 5 nitrogen and oxygen atoms in total. The normalized spacial score (nSPS) is 15.3. The molecule has 30 heavy (non-hydrogen) atoms. The number of nitrogens with zero attached hydrogens (tertiary/aromatic N) is 2. The molecule has 162 valence electrons. The van der Waals surface area contributed by atoms with Gasteiger partial charge in [-0.25, -0.2) is 9.38 Å². The van der Waals surface area contributed by atoms with Crippen molar-refractivity contribution in [3.8, 4) is 0 Å². The van der Waals surface area contributed by atoms with Crippen LogP contribution in [0.3, 0.4) is 0 Å². The Bertz CT molecular complexity index is 810. The summed E-state index contributed by atoms with van der Waals surface area (Å²) in [5.41, 5.74) is 1.45. The van der Waals surface area contributed by atoms with E-state index in [1.807, 2.05) is 42.2 Å². The van der Waals surface area contributed by atoms with E-state index in [4.69, 9.17) is 0 Å². The molecule has 0 aromatic heterocycles. The minimum Gasteiger partial charge on any atom is -0.393 e. The molecule has 0 unspecified atom stereocenters. The van der Waals surface area contributed by atoms with Gasteiger partial charge in [0.25, 0.3) is 0 Å². The van der Waals surface area contributed by atoms with Gasteiger partial charge in [0.15, 0.2) is 5.96 Å². The van der Waals surface area contributed by atoms with Crippen molar-refractivity contribution in [3.63, 3.8) is 0 Å². The lowest BCUT2D eigenvalue weighted by Gasteiger charge is -2.31. The molecule has 1 aliphatic heterocycles. The van der Waals surface area contributed by atoms with E-state index < -0.39 is 0 Å². The molecule has 0 spiro atoms. The molecule has 7 heteroatoms. The molecular formula is C23H31FN4OS. The number of halogens is 1. The molecule has 0 amide bonds. The number of aliphatic hydroxyl groups is 1. The van der Waals surface area contributed by atoms with Gasteiger partial charge in [-0.3, -0.25) is 0 Å². The highest BCUT2D eigenvalue weighted by Gasteiger charge is 2.19. The van der Waals surface area contributed by atoms with Crippen molar-refractivity contribution >= 4 is 23.4 Å². The van der Waals surface area contributed by atoms with Gasteiger partial charge < -0.3 is 20.6 Å². The summed E-state index contributed by atoms with van der Waals surface area (Å²) in [5, 5.41) is 16.2. The SMILES string of the molecule is CCNC(=NCc1ccc(N2CCC(O)CC2)c(F)c1)NCCSc1ccccc1. The number of benzene rings is 2. The lowest BCUT2D eigenvalue weighted by atomic mass is 10.1. The maximum absolute atomic E-state index is 14.6. The number of guanidine groups is 1. The van der Waals surface area contributed by atoms with Crippen LogP contribution < -0.4 is 15.5 Å². The Morgan fingerprint density at radius 1 is 1.17 bits per heavy atom. The third kappa shape index (κ3) is 6.92. The summed E-state index contributed by atoms with van der Waals surface area (Å²) in [5.74, 6) is 1.44. The molecule has 2 aromatic rings. The Morgan fingerprint density at radius 3 is 2.63 bits per heavy atom. The molecule has 0 radical (unpaired) electrons. The number of aliphatic imine (C=N–C) groups is 1. The standard InChI is InChI=1S/C23H31FN4OS/c1-2-25-23(26-12-15-30-20-6-4-3-5-7-20)27-17-18-8-9-22(21(24)16-18)28-13-10-19(29)11-14-28/h3-9,16,19,29H,2,10-15,17H2,1H3,(H2,25,26,27). The van der Waals surface area contributed by atoms with Crippen LogP contribution in [0.1, 0.15) is 25.3 Å². The molecule has 1 heterocycles. The van der Waals surface area contributed by atoms with Gasteiger partial charge in [0.2, 0.25) is 0 Å². The number of nitrogens with one attached hydrogen (secondary N) is 2. The summed E-state index contributed by atoms with van der Waals surface area (Å²) in [6.45, 7) is 5.37. The van der Waals surface area contributed by atoms with Gasteiger partial charge >= 0.3 is 0 Å². The van der Waals surface area contributed by atoms with Gasteiger partial charge in [0, 0.05) is 36.8 Å². The fourth-order valence-corrected chi connectivity index (χ4v) is 4.17. The molecule has 3 rings (SSSR count). The maximum Gasteiger partial charge on any atom is 0.191 e. The monoisotopic (exact) mass is 430 g/mol. The summed E-state index contributed by atoms with van der Waals surface area (Å²) in [7, 11) is 0. The number of rotatable bonds is 8. The van der Waals surface area contributed by atoms with Gasteiger partial charge in [-0.05, 0) is 49.6 Å². The Labute approximate surface area is 182 Å². The highest BCUT2D eigenvalue weighted by atomic mass is 32.2. The van der Waals surface area contributed by atoms with Crippen LogP contribution in [-0.2, 0) is 6.54 Å².